The summed E-state index contributed by atoms with van der Waals surface area (Å²) < 4.78 is 18.4. The van der Waals surface area contributed by atoms with Gasteiger partial charge in [-0.3, -0.25) is 4.79 Å². The van der Waals surface area contributed by atoms with E-state index in [2.05, 4.69) is 10.3 Å². The average Bonchev–Trinajstić information content (AvgIpc) is 3.34. The van der Waals surface area contributed by atoms with Crippen LogP contribution in [0.1, 0.15) is 27.3 Å². The molecule has 0 saturated heterocycles. The zero-order valence-electron chi connectivity index (χ0n) is 23.2. The van der Waals surface area contributed by atoms with Gasteiger partial charge in [-0.15, -0.1) is 0 Å². The highest BCUT2D eigenvalue weighted by Gasteiger charge is 2.22. The Kier molecular flexibility index (Phi) is 8.29. The molecule has 1 unspecified atom stereocenters. The maximum absolute atomic E-state index is 13.2. The number of hydrogen-bond acceptors (Lipinski definition) is 7. The van der Waals surface area contributed by atoms with E-state index in [1.807, 2.05) is 78.3 Å². The zero-order chi connectivity index (χ0) is 28.8. The molecule has 0 aliphatic heterocycles. The number of carbonyl (C=O) groups is 2. The molecule has 0 saturated carbocycles. The van der Waals surface area contributed by atoms with Gasteiger partial charge in [-0.25, -0.2) is 9.78 Å². The van der Waals surface area contributed by atoms with Gasteiger partial charge in [-0.1, -0.05) is 54.6 Å². The normalized spacial score (nSPS) is 11.6. The molecule has 208 valence electrons. The molecular formula is C33H31N3O5. The Bertz CT molecular complexity index is 1660. The van der Waals surface area contributed by atoms with E-state index >= 15 is 0 Å². The SMILES string of the molecule is COC(=O)C(Cc1ccc(OCc2nc3ccc(OC)cc3n2C)cc1)Nc1ccccc1C(=O)c1ccccc1. The van der Waals surface area contributed by atoms with Gasteiger partial charge in [0, 0.05) is 36.3 Å². The van der Waals surface area contributed by atoms with E-state index in [0.29, 0.717) is 35.6 Å². The van der Waals surface area contributed by atoms with Gasteiger partial charge in [0.15, 0.2) is 5.78 Å². The van der Waals surface area contributed by atoms with Crippen LogP contribution in [0, 0.1) is 0 Å². The fourth-order valence-corrected chi connectivity index (χ4v) is 4.66. The number of ketones is 1. The Morgan fingerprint density at radius 2 is 1.59 bits per heavy atom. The molecule has 0 aliphatic rings. The predicted octanol–water partition coefficient (Wildman–Crippen LogP) is 5.59. The van der Waals surface area contributed by atoms with Crippen molar-refractivity contribution in [1.82, 2.24) is 9.55 Å². The highest BCUT2D eigenvalue weighted by Crippen LogP contribution is 2.24. The summed E-state index contributed by atoms with van der Waals surface area (Å²) >= 11 is 0. The minimum Gasteiger partial charge on any atom is -0.497 e. The van der Waals surface area contributed by atoms with Gasteiger partial charge in [-0.05, 0) is 42.0 Å². The third-order valence-electron chi connectivity index (χ3n) is 6.93. The van der Waals surface area contributed by atoms with Crippen LogP contribution in [-0.4, -0.2) is 41.6 Å². The van der Waals surface area contributed by atoms with E-state index in [-0.39, 0.29) is 5.78 Å². The largest absolute Gasteiger partial charge is 0.497 e. The van der Waals surface area contributed by atoms with Gasteiger partial charge in [0.05, 0.1) is 25.3 Å². The maximum Gasteiger partial charge on any atom is 0.328 e. The number of rotatable bonds is 11. The first-order chi connectivity index (χ1) is 20.0. The molecule has 1 atom stereocenters. The highest BCUT2D eigenvalue weighted by atomic mass is 16.5. The van der Waals surface area contributed by atoms with Crippen LogP contribution >= 0.6 is 0 Å². The summed E-state index contributed by atoms with van der Waals surface area (Å²) in [7, 11) is 4.94. The Labute approximate surface area is 238 Å². The smallest absolute Gasteiger partial charge is 0.328 e. The number of aryl methyl sites for hydroxylation is 1. The lowest BCUT2D eigenvalue weighted by atomic mass is 10.00. The lowest BCUT2D eigenvalue weighted by molar-refractivity contribution is -0.141. The number of hydrogen-bond donors (Lipinski definition) is 1. The monoisotopic (exact) mass is 549 g/mol. The molecule has 1 N–H and O–H groups in total. The van der Waals surface area contributed by atoms with Gasteiger partial charge < -0.3 is 24.1 Å². The number of ether oxygens (including phenoxy) is 3. The van der Waals surface area contributed by atoms with Gasteiger partial charge in [0.25, 0.3) is 0 Å². The molecule has 8 nitrogen and oxygen atoms in total. The van der Waals surface area contributed by atoms with Crippen molar-refractivity contribution in [3.8, 4) is 11.5 Å². The number of anilines is 1. The molecule has 0 spiro atoms. The van der Waals surface area contributed by atoms with Gasteiger partial charge >= 0.3 is 5.97 Å². The number of methoxy groups -OCH3 is 2. The summed E-state index contributed by atoms with van der Waals surface area (Å²) in [5.74, 6) is 1.69. The van der Waals surface area contributed by atoms with E-state index in [9.17, 15) is 9.59 Å². The number of aromatic nitrogens is 2. The van der Waals surface area contributed by atoms with Gasteiger partial charge in [-0.2, -0.15) is 0 Å². The van der Waals surface area contributed by atoms with Crippen LogP contribution < -0.4 is 14.8 Å². The number of nitrogens with zero attached hydrogens (tertiary/aromatic N) is 2. The van der Waals surface area contributed by atoms with Crippen LogP contribution in [-0.2, 0) is 29.6 Å². The lowest BCUT2D eigenvalue weighted by Gasteiger charge is -2.20. The van der Waals surface area contributed by atoms with Crippen molar-refractivity contribution >= 4 is 28.5 Å². The third kappa shape index (κ3) is 6.22. The number of carbonyl (C=O) groups excluding carboxylic acids is 2. The minimum atomic E-state index is -0.700. The quantitative estimate of drug-likeness (QED) is 0.170. The number of imidazole rings is 1. The van der Waals surface area contributed by atoms with Crippen LogP contribution in [0.4, 0.5) is 5.69 Å². The molecule has 8 heteroatoms. The lowest BCUT2D eigenvalue weighted by Crippen LogP contribution is -2.33. The Morgan fingerprint density at radius 3 is 2.32 bits per heavy atom. The van der Waals surface area contributed by atoms with Crippen molar-refractivity contribution in [2.24, 2.45) is 7.05 Å². The average molecular weight is 550 g/mol. The molecule has 1 heterocycles. The van der Waals surface area contributed by atoms with Crippen molar-refractivity contribution in [3.05, 3.63) is 120 Å². The second kappa shape index (κ2) is 12.4. The maximum atomic E-state index is 13.2. The summed E-state index contributed by atoms with van der Waals surface area (Å²) in [4.78, 5) is 30.6. The predicted molar refractivity (Wildman–Crippen MR) is 157 cm³/mol. The van der Waals surface area contributed by atoms with Crippen LogP contribution in [0.5, 0.6) is 11.5 Å². The van der Waals surface area contributed by atoms with Crippen LogP contribution in [0.2, 0.25) is 0 Å². The third-order valence-corrected chi connectivity index (χ3v) is 6.93. The van der Waals surface area contributed by atoms with E-state index in [4.69, 9.17) is 14.2 Å². The standard InChI is InChI=1S/C33H31N3O5/c1-36-30-20-25(39-2)17-18-28(30)35-31(36)21-41-24-15-13-22(14-16-24)19-29(33(38)40-3)34-27-12-8-7-11-26(27)32(37)23-9-5-4-6-10-23/h4-18,20,29,34H,19,21H2,1-3H3. The van der Waals surface area contributed by atoms with Crippen molar-refractivity contribution in [3.63, 3.8) is 0 Å². The number of para-hydroxylation sites is 1. The number of fused-ring (bicyclic) bond motifs is 1. The van der Waals surface area contributed by atoms with Crippen molar-refractivity contribution < 1.29 is 23.8 Å². The molecule has 0 bridgehead atoms. The van der Waals surface area contributed by atoms with Crippen molar-refractivity contribution in [1.29, 1.82) is 0 Å². The minimum absolute atomic E-state index is 0.126. The summed E-state index contributed by atoms with van der Waals surface area (Å²) in [6, 6.07) is 28.8. The van der Waals surface area contributed by atoms with Crippen LogP contribution in [0.15, 0.2) is 97.1 Å². The summed E-state index contributed by atoms with van der Waals surface area (Å²) in [6.07, 6.45) is 0.355. The molecule has 1 aromatic heterocycles. The van der Waals surface area contributed by atoms with E-state index < -0.39 is 12.0 Å². The fourth-order valence-electron chi connectivity index (χ4n) is 4.66. The highest BCUT2D eigenvalue weighted by molar-refractivity contribution is 6.12. The summed E-state index contributed by atoms with van der Waals surface area (Å²) in [5.41, 5.74) is 4.36. The second-order valence-corrected chi connectivity index (χ2v) is 9.54. The fraction of sp³-hybridized carbons (Fsp3) is 0.182. The Morgan fingerprint density at radius 1 is 0.878 bits per heavy atom. The van der Waals surface area contributed by atoms with Crippen LogP contribution in [0.3, 0.4) is 0 Å². The van der Waals surface area contributed by atoms with E-state index in [1.165, 1.54) is 7.11 Å². The first-order valence-electron chi connectivity index (χ1n) is 13.2. The molecule has 41 heavy (non-hydrogen) atoms. The molecular weight excluding hydrogens is 518 g/mol. The van der Waals surface area contributed by atoms with Crippen molar-refractivity contribution in [2.45, 2.75) is 19.1 Å². The Balaban J connectivity index is 1.27. The molecule has 0 aliphatic carbocycles. The molecule has 0 fully saturated rings. The first-order valence-corrected chi connectivity index (χ1v) is 13.2. The second-order valence-electron chi connectivity index (χ2n) is 9.54. The van der Waals surface area contributed by atoms with Gasteiger partial charge in [0.2, 0.25) is 0 Å². The molecule has 5 aromatic rings. The number of nitrogens with one attached hydrogen (secondary N) is 1. The number of benzene rings is 4. The zero-order valence-corrected chi connectivity index (χ0v) is 23.2. The molecule has 4 aromatic carbocycles. The number of esters is 1. The summed E-state index contributed by atoms with van der Waals surface area (Å²) in [6.45, 7) is 0.297. The van der Waals surface area contributed by atoms with E-state index in [1.54, 1.807) is 37.4 Å². The summed E-state index contributed by atoms with van der Waals surface area (Å²) in [5, 5.41) is 3.24. The van der Waals surface area contributed by atoms with Crippen molar-refractivity contribution in [2.75, 3.05) is 19.5 Å². The molecule has 5 rings (SSSR count). The van der Waals surface area contributed by atoms with E-state index in [0.717, 1.165) is 28.2 Å². The van der Waals surface area contributed by atoms with Crippen LogP contribution in [0.25, 0.3) is 11.0 Å². The molecule has 0 radical (unpaired) electrons. The topological polar surface area (TPSA) is 91.7 Å². The molecule has 0 amide bonds. The first kappa shape index (κ1) is 27.5. The Hall–Kier alpha value is -5.11. The van der Waals surface area contributed by atoms with Gasteiger partial charge in [0.1, 0.15) is 30.0 Å².